The van der Waals surface area contributed by atoms with E-state index in [4.69, 9.17) is 5.73 Å². The van der Waals surface area contributed by atoms with Gasteiger partial charge in [-0.25, -0.2) is 0 Å². The summed E-state index contributed by atoms with van der Waals surface area (Å²) in [5.41, 5.74) is 6.52. The second kappa shape index (κ2) is 7.69. The normalized spacial score (nSPS) is 13.4. The smallest absolute Gasteiger partial charge is 0.224 e. The molecular formula is C12H18BrClN2O. The first-order chi connectivity index (χ1) is 7.54. The first-order valence-electron chi connectivity index (χ1n) is 5.30. The highest BCUT2D eigenvalue weighted by molar-refractivity contribution is 9.10. The van der Waals surface area contributed by atoms with E-state index in [1.54, 1.807) is 0 Å². The minimum absolute atomic E-state index is 0. The van der Waals surface area contributed by atoms with Crippen LogP contribution in [0.3, 0.4) is 0 Å². The molecule has 0 spiro atoms. The van der Waals surface area contributed by atoms with Gasteiger partial charge in [-0.05, 0) is 24.6 Å². The third-order valence-corrected chi connectivity index (χ3v) is 3.06. The lowest BCUT2D eigenvalue weighted by Crippen LogP contribution is -2.34. The molecule has 0 bridgehead atoms. The minimum Gasteiger partial charge on any atom is -0.349 e. The fourth-order valence-electron chi connectivity index (χ4n) is 1.30. The molecule has 0 aliphatic carbocycles. The van der Waals surface area contributed by atoms with E-state index in [1.807, 2.05) is 38.1 Å². The zero-order chi connectivity index (χ0) is 12.1. The molecule has 0 saturated heterocycles. The largest absolute Gasteiger partial charge is 0.349 e. The summed E-state index contributed by atoms with van der Waals surface area (Å²) in [5.74, 6) is -0.143. The number of hydrogen-bond donors (Lipinski definition) is 2. The fraction of sp³-hybridized carbons (Fsp3) is 0.417. The summed E-state index contributed by atoms with van der Waals surface area (Å²) in [5, 5.41) is 2.93. The van der Waals surface area contributed by atoms with Crippen LogP contribution in [0.2, 0.25) is 0 Å². The molecule has 1 aromatic carbocycles. The molecule has 2 atom stereocenters. The van der Waals surface area contributed by atoms with Crippen LogP contribution >= 0.6 is 28.3 Å². The number of halogens is 2. The molecule has 1 aromatic rings. The monoisotopic (exact) mass is 320 g/mol. The van der Waals surface area contributed by atoms with Crippen LogP contribution in [-0.4, -0.2) is 12.5 Å². The Morgan fingerprint density at radius 2 is 1.88 bits per heavy atom. The van der Waals surface area contributed by atoms with Crippen LogP contribution in [-0.2, 0) is 4.79 Å². The lowest BCUT2D eigenvalue weighted by molar-refractivity contribution is -0.124. The number of nitrogens with two attached hydrogens (primary N) is 1. The van der Waals surface area contributed by atoms with Gasteiger partial charge in [-0.2, -0.15) is 0 Å². The van der Waals surface area contributed by atoms with Crippen LogP contribution < -0.4 is 11.1 Å². The summed E-state index contributed by atoms with van der Waals surface area (Å²) < 4.78 is 1.03. The van der Waals surface area contributed by atoms with E-state index in [0.717, 1.165) is 10.0 Å². The topological polar surface area (TPSA) is 55.1 Å². The van der Waals surface area contributed by atoms with Gasteiger partial charge in [-0.3, -0.25) is 4.79 Å². The van der Waals surface area contributed by atoms with Crippen LogP contribution in [0.4, 0.5) is 0 Å². The summed E-state index contributed by atoms with van der Waals surface area (Å²) in [6, 6.07) is 7.91. The number of benzene rings is 1. The fourth-order valence-corrected chi connectivity index (χ4v) is 1.56. The van der Waals surface area contributed by atoms with Crippen molar-refractivity contribution in [3.8, 4) is 0 Å². The van der Waals surface area contributed by atoms with Gasteiger partial charge in [0, 0.05) is 16.9 Å². The van der Waals surface area contributed by atoms with Gasteiger partial charge < -0.3 is 11.1 Å². The van der Waals surface area contributed by atoms with Crippen LogP contribution in [0.25, 0.3) is 0 Å². The molecule has 0 radical (unpaired) electrons. The first-order valence-corrected chi connectivity index (χ1v) is 6.09. The van der Waals surface area contributed by atoms with Crippen molar-refractivity contribution in [3.05, 3.63) is 34.3 Å². The molecule has 2 unspecified atom stereocenters. The maximum atomic E-state index is 11.6. The van der Waals surface area contributed by atoms with Crippen molar-refractivity contribution in [3.63, 3.8) is 0 Å². The van der Waals surface area contributed by atoms with Gasteiger partial charge in [-0.1, -0.05) is 35.0 Å². The molecule has 0 aliphatic heterocycles. The molecular weight excluding hydrogens is 304 g/mol. The van der Waals surface area contributed by atoms with Crippen LogP contribution in [0.5, 0.6) is 0 Å². The molecule has 17 heavy (non-hydrogen) atoms. The van der Waals surface area contributed by atoms with Crippen LogP contribution in [0.15, 0.2) is 28.7 Å². The van der Waals surface area contributed by atoms with Crippen molar-refractivity contribution in [1.29, 1.82) is 0 Å². The Labute approximate surface area is 117 Å². The van der Waals surface area contributed by atoms with E-state index in [9.17, 15) is 4.79 Å². The lowest BCUT2D eigenvalue weighted by atomic mass is 10.1. The van der Waals surface area contributed by atoms with Crippen molar-refractivity contribution >= 4 is 34.2 Å². The summed E-state index contributed by atoms with van der Waals surface area (Å²) in [7, 11) is 0. The van der Waals surface area contributed by atoms with Gasteiger partial charge in [-0.15, -0.1) is 12.4 Å². The maximum Gasteiger partial charge on any atom is 0.224 e. The summed E-state index contributed by atoms with van der Waals surface area (Å²) >= 11 is 3.38. The van der Waals surface area contributed by atoms with Crippen molar-refractivity contribution < 1.29 is 4.79 Å². The van der Waals surface area contributed by atoms with Gasteiger partial charge in [0.15, 0.2) is 0 Å². The van der Waals surface area contributed by atoms with Gasteiger partial charge in [0.05, 0.1) is 6.04 Å². The van der Waals surface area contributed by atoms with Crippen LogP contribution in [0.1, 0.15) is 25.5 Å². The molecule has 0 saturated carbocycles. The Kier molecular flexibility index (Phi) is 7.43. The standard InChI is InChI=1S/C12H17BrN2O.ClH/c1-8(7-14)12(16)15-9(2)10-3-5-11(13)6-4-10;/h3-6,8-9H,7,14H2,1-2H3,(H,15,16);1H. The SMILES string of the molecule is CC(CN)C(=O)NC(C)c1ccc(Br)cc1.Cl. The molecule has 5 heteroatoms. The third-order valence-electron chi connectivity index (χ3n) is 2.53. The van der Waals surface area contributed by atoms with E-state index in [1.165, 1.54) is 0 Å². The van der Waals surface area contributed by atoms with Crippen molar-refractivity contribution in [1.82, 2.24) is 5.32 Å². The second-order valence-corrected chi connectivity index (χ2v) is 4.83. The summed E-state index contributed by atoms with van der Waals surface area (Å²) in [6.45, 7) is 4.16. The Morgan fingerprint density at radius 3 is 2.35 bits per heavy atom. The molecule has 1 rings (SSSR count). The van der Waals surface area contributed by atoms with Gasteiger partial charge in [0.2, 0.25) is 5.91 Å². The predicted molar refractivity (Wildman–Crippen MR) is 76.2 cm³/mol. The molecule has 1 amide bonds. The van der Waals surface area contributed by atoms with E-state index >= 15 is 0 Å². The average molecular weight is 322 g/mol. The van der Waals surface area contributed by atoms with Crippen molar-refractivity contribution in [2.75, 3.05) is 6.54 Å². The molecule has 0 heterocycles. The summed E-state index contributed by atoms with van der Waals surface area (Å²) in [4.78, 5) is 11.6. The Morgan fingerprint density at radius 1 is 1.35 bits per heavy atom. The number of rotatable bonds is 4. The first kappa shape index (κ1) is 16.4. The maximum absolute atomic E-state index is 11.6. The zero-order valence-corrected chi connectivity index (χ0v) is 12.3. The zero-order valence-electron chi connectivity index (χ0n) is 9.94. The summed E-state index contributed by atoms with van der Waals surface area (Å²) in [6.07, 6.45) is 0. The quantitative estimate of drug-likeness (QED) is 0.896. The predicted octanol–water partition coefficient (Wildman–Crippen LogP) is 2.64. The Bertz CT molecular complexity index is 356. The second-order valence-electron chi connectivity index (χ2n) is 3.92. The lowest BCUT2D eigenvalue weighted by Gasteiger charge is -2.17. The third kappa shape index (κ3) is 5.06. The van der Waals surface area contributed by atoms with Gasteiger partial charge in [0.1, 0.15) is 0 Å². The highest BCUT2D eigenvalue weighted by Crippen LogP contribution is 2.16. The molecule has 3 N–H and O–H groups in total. The number of nitrogens with one attached hydrogen (secondary N) is 1. The Balaban J connectivity index is 0.00000256. The number of carbonyl (C=O) groups is 1. The van der Waals surface area contributed by atoms with Crippen molar-refractivity contribution in [2.24, 2.45) is 11.7 Å². The highest BCUT2D eigenvalue weighted by Gasteiger charge is 2.14. The van der Waals surface area contributed by atoms with Gasteiger partial charge >= 0.3 is 0 Å². The van der Waals surface area contributed by atoms with Crippen molar-refractivity contribution in [2.45, 2.75) is 19.9 Å². The Hall–Kier alpha value is -0.580. The molecule has 96 valence electrons. The number of amides is 1. The van der Waals surface area contributed by atoms with E-state index in [2.05, 4.69) is 21.2 Å². The number of hydrogen-bond acceptors (Lipinski definition) is 2. The van der Waals surface area contributed by atoms with E-state index in [-0.39, 0.29) is 30.3 Å². The molecule has 0 aromatic heterocycles. The minimum atomic E-state index is -0.141. The highest BCUT2D eigenvalue weighted by atomic mass is 79.9. The molecule has 3 nitrogen and oxygen atoms in total. The van der Waals surface area contributed by atoms with E-state index < -0.39 is 0 Å². The molecule has 0 fully saturated rings. The number of carbonyl (C=O) groups excluding carboxylic acids is 1. The van der Waals surface area contributed by atoms with E-state index in [0.29, 0.717) is 6.54 Å². The van der Waals surface area contributed by atoms with Crippen LogP contribution in [0, 0.1) is 5.92 Å². The molecule has 0 aliphatic rings. The van der Waals surface area contributed by atoms with Gasteiger partial charge in [0.25, 0.3) is 0 Å². The average Bonchev–Trinajstić information content (AvgIpc) is 2.28.